The summed E-state index contributed by atoms with van der Waals surface area (Å²) in [5, 5.41) is 7.63. The second-order valence-corrected chi connectivity index (χ2v) is 5.98. The summed E-state index contributed by atoms with van der Waals surface area (Å²) >= 11 is 7.39. The number of nitrogens with one attached hydrogen (secondary N) is 1. The zero-order valence-corrected chi connectivity index (χ0v) is 13.9. The molecule has 23 heavy (non-hydrogen) atoms. The smallest absolute Gasteiger partial charge is 0.203 e. The third-order valence-corrected chi connectivity index (χ3v) is 4.13. The lowest BCUT2D eigenvalue weighted by atomic mass is 10.2. The van der Waals surface area contributed by atoms with E-state index in [-0.39, 0.29) is 0 Å². The van der Waals surface area contributed by atoms with Gasteiger partial charge in [0.05, 0.1) is 19.0 Å². The molecule has 6 heteroatoms. The lowest BCUT2D eigenvalue weighted by Crippen LogP contribution is -1.90. The van der Waals surface area contributed by atoms with Gasteiger partial charge in [-0.1, -0.05) is 23.7 Å². The molecule has 0 atom stereocenters. The largest absolute Gasteiger partial charge is 0.497 e. The molecule has 0 aliphatic carbocycles. The molecule has 1 N–H and O–H groups in total. The lowest BCUT2D eigenvalue weighted by molar-refractivity contribution is 0.415. The van der Waals surface area contributed by atoms with Gasteiger partial charge in [-0.15, -0.1) is 11.3 Å². The topological polar surface area (TPSA) is 46.5 Å². The summed E-state index contributed by atoms with van der Waals surface area (Å²) in [6.07, 6.45) is 1.74. The van der Waals surface area contributed by atoms with Gasteiger partial charge < -0.3 is 4.74 Å². The molecule has 1 heterocycles. The van der Waals surface area contributed by atoms with Crippen molar-refractivity contribution in [3.8, 4) is 17.0 Å². The van der Waals surface area contributed by atoms with Crippen LogP contribution < -0.4 is 10.2 Å². The van der Waals surface area contributed by atoms with E-state index in [1.54, 1.807) is 13.3 Å². The summed E-state index contributed by atoms with van der Waals surface area (Å²) in [5.74, 6) is 0.822. The van der Waals surface area contributed by atoms with Gasteiger partial charge in [-0.25, -0.2) is 4.98 Å². The van der Waals surface area contributed by atoms with Crippen molar-refractivity contribution in [2.24, 2.45) is 5.10 Å². The molecule has 0 fully saturated rings. The number of hydrogen-bond acceptors (Lipinski definition) is 5. The molecular weight excluding hydrogens is 330 g/mol. The summed E-state index contributed by atoms with van der Waals surface area (Å²) in [6, 6.07) is 15.3. The van der Waals surface area contributed by atoms with Crippen LogP contribution in [0.5, 0.6) is 5.75 Å². The number of hydrazone groups is 1. The molecule has 0 radical (unpaired) electrons. The Labute approximate surface area is 143 Å². The number of anilines is 1. The Morgan fingerprint density at radius 3 is 2.57 bits per heavy atom. The normalized spacial score (nSPS) is 10.9. The van der Waals surface area contributed by atoms with E-state index < -0.39 is 0 Å². The maximum Gasteiger partial charge on any atom is 0.203 e. The van der Waals surface area contributed by atoms with Crippen molar-refractivity contribution in [2.45, 2.75) is 0 Å². The molecule has 1 aromatic heterocycles. The minimum absolute atomic E-state index is 0.714. The molecule has 116 valence electrons. The zero-order chi connectivity index (χ0) is 16.1. The van der Waals surface area contributed by atoms with Crippen LogP contribution in [0, 0.1) is 0 Å². The van der Waals surface area contributed by atoms with Crippen molar-refractivity contribution in [3.63, 3.8) is 0 Å². The molecular formula is C17H14ClN3OS. The number of rotatable bonds is 5. The first-order valence-corrected chi connectivity index (χ1v) is 8.15. The number of ether oxygens (including phenoxy) is 1. The monoisotopic (exact) mass is 343 g/mol. The Hall–Kier alpha value is -2.37. The maximum atomic E-state index is 5.89. The zero-order valence-electron chi connectivity index (χ0n) is 12.4. The Morgan fingerprint density at radius 2 is 1.87 bits per heavy atom. The summed E-state index contributed by atoms with van der Waals surface area (Å²) in [6.45, 7) is 0. The van der Waals surface area contributed by atoms with Crippen LogP contribution in [0.1, 0.15) is 5.56 Å². The predicted molar refractivity (Wildman–Crippen MR) is 96.8 cm³/mol. The number of nitrogens with zero attached hydrogens (tertiary/aromatic N) is 2. The molecule has 0 saturated carbocycles. The fourth-order valence-electron chi connectivity index (χ4n) is 1.93. The van der Waals surface area contributed by atoms with Crippen LogP contribution in [-0.4, -0.2) is 18.3 Å². The predicted octanol–water partition coefficient (Wildman–Crippen LogP) is 4.92. The molecule has 0 aliphatic rings. The highest BCUT2D eigenvalue weighted by atomic mass is 35.5. The van der Waals surface area contributed by atoms with E-state index in [9.17, 15) is 0 Å². The van der Waals surface area contributed by atoms with Crippen molar-refractivity contribution >= 4 is 34.3 Å². The van der Waals surface area contributed by atoms with Crippen molar-refractivity contribution in [2.75, 3.05) is 12.5 Å². The Kier molecular flexibility index (Phi) is 4.90. The molecule has 0 spiro atoms. The molecule has 0 saturated heterocycles. The highest BCUT2D eigenvalue weighted by molar-refractivity contribution is 7.14. The summed E-state index contributed by atoms with van der Waals surface area (Å²) in [4.78, 5) is 4.50. The maximum absolute atomic E-state index is 5.89. The SMILES string of the molecule is COc1ccc(/C=N\Nc2nc(-c3ccc(Cl)cc3)cs2)cc1. The van der Waals surface area contributed by atoms with E-state index >= 15 is 0 Å². The second-order valence-electron chi connectivity index (χ2n) is 4.69. The quantitative estimate of drug-likeness (QED) is 0.528. The minimum Gasteiger partial charge on any atom is -0.497 e. The fourth-order valence-corrected chi connectivity index (χ4v) is 2.72. The van der Waals surface area contributed by atoms with Gasteiger partial charge in [0.2, 0.25) is 5.13 Å². The van der Waals surface area contributed by atoms with Gasteiger partial charge in [-0.3, -0.25) is 5.43 Å². The first-order chi connectivity index (χ1) is 11.2. The average Bonchev–Trinajstić information content (AvgIpc) is 3.05. The van der Waals surface area contributed by atoms with Crippen molar-refractivity contribution in [3.05, 3.63) is 64.5 Å². The summed E-state index contributed by atoms with van der Waals surface area (Å²) in [5.41, 5.74) is 5.85. The van der Waals surface area contributed by atoms with Gasteiger partial charge >= 0.3 is 0 Å². The summed E-state index contributed by atoms with van der Waals surface area (Å²) in [7, 11) is 1.64. The molecule has 0 unspecified atom stereocenters. The van der Waals surface area contributed by atoms with Crippen LogP contribution in [0.15, 0.2) is 59.0 Å². The molecule has 4 nitrogen and oxygen atoms in total. The van der Waals surface area contributed by atoms with E-state index in [0.717, 1.165) is 27.7 Å². The molecule has 0 bridgehead atoms. The van der Waals surface area contributed by atoms with Crippen LogP contribution >= 0.6 is 22.9 Å². The van der Waals surface area contributed by atoms with Crippen LogP contribution in [-0.2, 0) is 0 Å². The second kappa shape index (κ2) is 7.26. The number of thiazole rings is 1. The van der Waals surface area contributed by atoms with Gasteiger partial charge in [0.25, 0.3) is 0 Å². The highest BCUT2D eigenvalue weighted by Gasteiger charge is 2.03. The van der Waals surface area contributed by atoms with Gasteiger partial charge in [0, 0.05) is 16.0 Å². The Morgan fingerprint density at radius 1 is 1.13 bits per heavy atom. The fraction of sp³-hybridized carbons (Fsp3) is 0.0588. The van der Waals surface area contributed by atoms with E-state index in [2.05, 4.69) is 15.5 Å². The van der Waals surface area contributed by atoms with Crippen molar-refractivity contribution < 1.29 is 4.74 Å². The third kappa shape index (κ3) is 4.09. The third-order valence-electron chi connectivity index (χ3n) is 3.13. The first-order valence-electron chi connectivity index (χ1n) is 6.89. The number of benzene rings is 2. The molecule has 3 aromatic rings. The van der Waals surface area contributed by atoms with E-state index in [4.69, 9.17) is 16.3 Å². The van der Waals surface area contributed by atoms with Crippen LogP contribution in [0.2, 0.25) is 5.02 Å². The Bertz CT molecular complexity index is 797. The van der Waals surface area contributed by atoms with Gasteiger partial charge in [0.15, 0.2) is 0 Å². The van der Waals surface area contributed by atoms with Gasteiger partial charge in [0.1, 0.15) is 5.75 Å². The first kappa shape index (κ1) is 15.5. The number of methoxy groups -OCH3 is 1. The minimum atomic E-state index is 0.714. The van der Waals surface area contributed by atoms with Crippen molar-refractivity contribution in [1.29, 1.82) is 0 Å². The summed E-state index contributed by atoms with van der Waals surface area (Å²) < 4.78 is 5.12. The Balaban J connectivity index is 1.64. The molecule has 2 aromatic carbocycles. The number of halogens is 1. The lowest BCUT2D eigenvalue weighted by Gasteiger charge is -1.99. The molecule has 3 rings (SSSR count). The van der Waals surface area contributed by atoms with Crippen LogP contribution in [0.3, 0.4) is 0 Å². The van der Waals surface area contributed by atoms with Crippen molar-refractivity contribution in [1.82, 2.24) is 4.98 Å². The van der Waals surface area contributed by atoms with Gasteiger partial charge in [-0.2, -0.15) is 5.10 Å². The standard InChI is InChI=1S/C17H14ClN3OS/c1-22-15-8-2-12(3-9-15)10-19-21-17-20-16(11-23-17)13-4-6-14(18)7-5-13/h2-11H,1H3,(H,20,21)/b19-10-. The van der Waals surface area contributed by atoms with E-state index in [1.165, 1.54) is 11.3 Å². The van der Waals surface area contributed by atoms with Gasteiger partial charge in [-0.05, 0) is 42.0 Å². The number of aromatic nitrogens is 1. The highest BCUT2D eigenvalue weighted by Crippen LogP contribution is 2.25. The average molecular weight is 344 g/mol. The molecule has 0 amide bonds. The van der Waals surface area contributed by atoms with Crippen LogP contribution in [0.4, 0.5) is 5.13 Å². The number of hydrogen-bond donors (Lipinski definition) is 1. The van der Waals surface area contributed by atoms with Crippen LogP contribution in [0.25, 0.3) is 11.3 Å². The molecule has 0 aliphatic heterocycles. The van der Waals surface area contributed by atoms with E-state index in [0.29, 0.717) is 5.02 Å². The van der Waals surface area contributed by atoms with E-state index in [1.807, 2.05) is 53.9 Å².